The van der Waals surface area contributed by atoms with E-state index in [0.29, 0.717) is 12.2 Å². The molecule has 2 nitrogen and oxygen atoms in total. The van der Waals surface area contributed by atoms with Crippen LogP contribution in [0, 0.1) is 10.5 Å². The number of benzene rings is 2. The summed E-state index contributed by atoms with van der Waals surface area (Å²) in [6, 6.07) is 15.7. The average molecular weight is 376 g/mol. The lowest BCUT2D eigenvalue weighted by Gasteiger charge is -1.98. The standard InChI is InChI=1S/C17H13IO2/c1-11-2-7-16-13(8-11)10-17(20-16)15(19)9-12-3-5-14(18)6-4-12/h2-8,10H,9H2,1H3. The maximum atomic E-state index is 12.3. The van der Waals surface area contributed by atoms with Gasteiger partial charge in [0.2, 0.25) is 5.78 Å². The molecule has 0 saturated heterocycles. The van der Waals surface area contributed by atoms with Gasteiger partial charge in [-0.2, -0.15) is 0 Å². The van der Waals surface area contributed by atoms with Gasteiger partial charge in [0.25, 0.3) is 0 Å². The molecule has 2 aromatic carbocycles. The first-order valence-electron chi connectivity index (χ1n) is 6.40. The van der Waals surface area contributed by atoms with E-state index in [-0.39, 0.29) is 5.78 Å². The first-order chi connectivity index (χ1) is 9.61. The van der Waals surface area contributed by atoms with E-state index < -0.39 is 0 Å². The second-order valence-electron chi connectivity index (χ2n) is 4.88. The molecule has 0 unspecified atom stereocenters. The van der Waals surface area contributed by atoms with Crippen molar-refractivity contribution in [2.45, 2.75) is 13.3 Å². The minimum atomic E-state index is 0.0139. The largest absolute Gasteiger partial charge is 0.453 e. The maximum Gasteiger partial charge on any atom is 0.202 e. The summed E-state index contributed by atoms with van der Waals surface area (Å²) in [6.07, 6.45) is 0.371. The van der Waals surface area contributed by atoms with E-state index in [1.165, 1.54) is 0 Å². The molecule has 0 aliphatic rings. The van der Waals surface area contributed by atoms with Crippen molar-refractivity contribution in [2.75, 3.05) is 0 Å². The van der Waals surface area contributed by atoms with Crippen LogP contribution in [0.4, 0.5) is 0 Å². The summed E-state index contributed by atoms with van der Waals surface area (Å²) in [4.78, 5) is 12.3. The summed E-state index contributed by atoms with van der Waals surface area (Å²) in [7, 11) is 0. The van der Waals surface area contributed by atoms with E-state index in [1.807, 2.05) is 55.5 Å². The van der Waals surface area contributed by atoms with Crippen molar-refractivity contribution in [1.29, 1.82) is 0 Å². The van der Waals surface area contributed by atoms with E-state index in [2.05, 4.69) is 22.6 Å². The number of fused-ring (bicyclic) bond motifs is 1. The number of furan rings is 1. The number of hydrogen-bond acceptors (Lipinski definition) is 2. The number of hydrogen-bond donors (Lipinski definition) is 0. The molecule has 0 radical (unpaired) electrons. The zero-order valence-corrected chi connectivity index (χ0v) is 13.2. The highest BCUT2D eigenvalue weighted by Gasteiger charge is 2.13. The van der Waals surface area contributed by atoms with Crippen molar-refractivity contribution in [1.82, 2.24) is 0 Å². The number of carbonyl (C=O) groups excluding carboxylic acids is 1. The van der Waals surface area contributed by atoms with Crippen molar-refractivity contribution in [2.24, 2.45) is 0 Å². The quantitative estimate of drug-likeness (QED) is 0.487. The Morgan fingerprint density at radius 2 is 1.85 bits per heavy atom. The lowest BCUT2D eigenvalue weighted by atomic mass is 10.1. The Labute approximate surface area is 130 Å². The average Bonchev–Trinajstić information content (AvgIpc) is 2.84. The van der Waals surface area contributed by atoms with Crippen LogP contribution in [0.1, 0.15) is 21.7 Å². The Balaban J connectivity index is 1.86. The van der Waals surface area contributed by atoms with Gasteiger partial charge < -0.3 is 4.42 Å². The molecule has 3 rings (SSSR count). The highest BCUT2D eigenvalue weighted by Crippen LogP contribution is 2.22. The second kappa shape index (κ2) is 5.40. The normalized spacial score (nSPS) is 10.9. The van der Waals surface area contributed by atoms with Crippen LogP contribution < -0.4 is 0 Å². The highest BCUT2D eigenvalue weighted by atomic mass is 127. The molecule has 0 spiro atoms. The summed E-state index contributed by atoms with van der Waals surface area (Å²) in [5.41, 5.74) is 2.93. The summed E-state index contributed by atoms with van der Waals surface area (Å²) in [5, 5.41) is 0.982. The third-order valence-corrected chi connectivity index (χ3v) is 3.94. The molecule has 0 aliphatic carbocycles. The predicted octanol–water partition coefficient (Wildman–Crippen LogP) is 4.77. The minimum absolute atomic E-state index is 0.0139. The van der Waals surface area contributed by atoms with Crippen molar-refractivity contribution in [3.63, 3.8) is 0 Å². The molecule has 20 heavy (non-hydrogen) atoms. The van der Waals surface area contributed by atoms with Gasteiger partial charge in [-0.1, -0.05) is 23.8 Å². The van der Waals surface area contributed by atoms with E-state index in [9.17, 15) is 4.79 Å². The summed E-state index contributed by atoms with van der Waals surface area (Å²) < 4.78 is 6.79. The Morgan fingerprint density at radius 1 is 1.10 bits per heavy atom. The fourth-order valence-corrected chi connectivity index (χ4v) is 2.53. The fraction of sp³-hybridized carbons (Fsp3) is 0.118. The van der Waals surface area contributed by atoms with Gasteiger partial charge in [-0.15, -0.1) is 0 Å². The molecule has 0 bridgehead atoms. The molecule has 0 atom stereocenters. The van der Waals surface area contributed by atoms with Crippen LogP contribution in [0.15, 0.2) is 52.9 Å². The van der Waals surface area contributed by atoms with Crippen molar-refractivity contribution >= 4 is 39.3 Å². The van der Waals surface area contributed by atoms with Crippen LogP contribution in [0.3, 0.4) is 0 Å². The smallest absolute Gasteiger partial charge is 0.202 e. The number of Topliss-reactive ketones (excluding diaryl/α,β-unsaturated/α-hetero) is 1. The predicted molar refractivity (Wildman–Crippen MR) is 88.1 cm³/mol. The van der Waals surface area contributed by atoms with E-state index in [1.54, 1.807) is 0 Å². The summed E-state index contributed by atoms with van der Waals surface area (Å²) in [6.45, 7) is 2.03. The number of rotatable bonds is 3. The van der Waals surface area contributed by atoms with Crippen molar-refractivity contribution < 1.29 is 9.21 Å². The Kier molecular flexibility index (Phi) is 3.61. The topological polar surface area (TPSA) is 30.2 Å². The van der Waals surface area contributed by atoms with E-state index in [0.717, 1.165) is 25.7 Å². The van der Waals surface area contributed by atoms with Gasteiger partial charge >= 0.3 is 0 Å². The molecule has 1 heterocycles. The number of halogens is 1. The van der Waals surface area contributed by atoms with Crippen molar-refractivity contribution in [3.05, 3.63) is 69.0 Å². The van der Waals surface area contributed by atoms with Crippen LogP contribution in [0.25, 0.3) is 11.0 Å². The first-order valence-corrected chi connectivity index (χ1v) is 7.47. The van der Waals surface area contributed by atoms with E-state index >= 15 is 0 Å². The zero-order valence-electron chi connectivity index (χ0n) is 11.0. The SMILES string of the molecule is Cc1ccc2oc(C(=O)Cc3ccc(I)cc3)cc2c1. The van der Waals surface area contributed by atoms with Gasteiger partial charge in [-0.3, -0.25) is 4.79 Å². The number of ketones is 1. The van der Waals surface area contributed by atoms with Gasteiger partial charge in [0, 0.05) is 15.4 Å². The van der Waals surface area contributed by atoms with Crippen LogP contribution in [0.2, 0.25) is 0 Å². The second-order valence-corrected chi connectivity index (χ2v) is 6.12. The zero-order chi connectivity index (χ0) is 14.1. The molecule has 100 valence electrons. The fourth-order valence-electron chi connectivity index (χ4n) is 2.17. The van der Waals surface area contributed by atoms with Gasteiger partial charge in [0.15, 0.2) is 5.76 Å². The third-order valence-electron chi connectivity index (χ3n) is 3.22. The number of carbonyl (C=O) groups is 1. The van der Waals surface area contributed by atoms with Gasteiger partial charge in [0.1, 0.15) is 5.58 Å². The van der Waals surface area contributed by atoms with E-state index in [4.69, 9.17) is 4.42 Å². The minimum Gasteiger partial charge on any atom is -0.453 e. The summed E-state index contributed by atoms with van der Waals surface area (Å²) in [5.74, 6) is 0.448. The van der Waals surface area contributed by atoms with Gasteiger partial charge in [0.05, 0.1) is 0 Å². The van der Waals surface area contributed by atoms with Gasteiger partial charge in [-0.25, -0.2) is 0 Å². The van der Waals surface area contributed by atoms with Crippen LogP contribution in [-0.4, -0.2) is 5.78 Å². The Morgan fingerprint density at radius 3 is 2.60 bits per heavy atom. The molecule has 0 aliphatic heterocycles. The lowest BCUT2D eigenvalue weighted by Crippen LogP contribution is -2.01. The van der Waals surface area contributed by atoms with Crippen LogP contribution >= 0.6 is 22.6 Å². The third kappa shape index (κ3) is 2.77. The monoisotopic (exact) mass is 376 g/mol. The Bertz CT molecular complexity index is 769. The van der Waals surface area contributed by atoms with Crippen LogP contribution in [-0.2, 0) is 6.42 Å². The van der Waals surface area contributed by atoms with Crippen molar-refractivity contribution in [3.8, 4) is 0 Å². The van der Waals surface area contributed by atoms with Gasteiger partial charge in [-0.05, 0) is 65.4 Å². The molecule has 0 amide bonds. The molecule has 0 saturated carbocycles. The molecule has 0 N–H and O–H groups in total. The molecule has 0 fully saturated rings. The first kappa shape index (κ1) is 13.4. The summed E-state index contributed by atoms with van der Waals surface area (Å²) >= 11 is 2.25. The Hall–Kier alpha value is -1.62. The highest BCUT2D eigenvalue weighted by molar-refractivity contribution is 14.1. The lowest BCUT2D eigenvalue weighted by molar-refractivity contribution is 0.0968. The molecule has 3 aromatic rings. The molecule has 1 aromatic heterocycles. The molecule has 3 heteroatoms. The molecular weight excluding hydrogens is 363 g/mol. The maximum absolute atomic E-state index is 12.3. The van der Waals surface area contributed by atoms with Crippen LogP contribution in [0.5, 0.6) is 0 Å². The number of aryl methyl sites for hydroxylation is 1. The molecular formula is C17H13IO2.